The third-order valence-electron chi connectivity index (χ3n) is 3.85. The van der Waals surface area contributed by atoms with Crippen LogP contribution in [0.5, 0.6) is 0 Å². The maximum atomic E-state index is 12.7. The molecule has 0 unspecified atom stereocenters. The van der Waals surface area contributed by atoms with Crippen LogP contribution in [0.1, 0.15) is 24.5 Å². The molecule has 5 nitrogen and oxygen atoms in total. The molecule has 0 bridgehead atoms. The van der Waals surface area contributed by atoms with Crippen LogP contribution in [0.4, 0.5) is 30.2 Å². The predicted molar refractivity (Wildman–Crippen MR) is 98.7 cm³/mol. The molecule has 0 aliphatic rings. The van der Waals surface area contributed by atoms with Gasteiger partial charge in [-0.15, -0.1) is 0 Å². The van der Waals surface area contributed by atoms with E-state index in [0.717, 1.165) is 12.1 Å². The van der Waals surface area contributed by atoms with Crippen LogP contribution < -0.4 is 16.0 Å². The van der Waals surface area contributed by atoms with Gasteiger partial charge >= 0.3 is 6.18 Å². The molecule has 0 atom stereocenters. The highest BCUT2D eigenvalue weighted by Crippen LogP contribution is 2.30. The number of hydrogen-bond acceptors (Lipinski definition) is 3. The zero-order valence-electron chi connectivity index (χ0n) is 14.9. The molecule has 0 fully saturated rings. The van der Waals surface area contributed by atoms with Gasteiger partial charge in [-0.1, -0.05) is 19.1 Å². The maximum Gasteiger partial charge on any atom is 0.416 e. The minimum atomic E-state index is -4.44. The van der Waals surface area contributed by atoms with E-state index in [1.165, 1.54) is 12.1 Å². The highest BCUT2D eigenvalue weighted by molar-refractivity contribution is 5.97. The van der Waals surface area contributed by atoms with Crippen molar-refractivity contribution in [1.29, 1.82) is 0 Å². The summed E-state index contributed by atoms with van der Waals surface area (Å²) in [6, 6.07) is 9.72. The van der Waals surface area contributed by atoms with Crippen LogP contribution in [0.3, 0.4) is 0 Å². The van der Waals surface area contributed by atoms with Gasteiger partial charge in [-0.3, -0.25) is 9.59 Å². The summed E-state index contributed by atoms with van der Waals surface area (Å²) in [5.74, 6) is -0.567. The summed E-state index contributed by atoms with van der Waals surface area (Å²) in [7, 11) is 0. The lowest BCUT2D eigenvalue weighted by Crippen LogP contribution is -2.22. The van der Waals surface area contributed by atoms with E-state index >= 15 is 0 Å². The molecule has 2 aromatic carbocycles. The molecule has 0 aromatic heterocycles. The summed E-state index contributed by atoms with van der Waals surface area (Å²) in [5.41, 5.74) is 1.20. The van der Waals surface area contributed by atoms with Crippen LogP contribution in [-0.4, -0.2) is 18.4 Å². The Morgan fingerprint density at radius 2 is 1.56 bits per heavy atom. The Labute approximate surface area is 155 Å². The number of carbonyl (C=O) groups excluding carboxylic acids is 2. The summed E-state index contributed by atoms with van der Waals surface area (Å²) in [5, 5.41) is 8.09. The van der Waals surface area contributed by atoms with Crippen molar-refractivity contribution in [2.75, 3.05) is 22.5 Å². The van der Waals surface area contributed by atoms with Crippen molar-refractivity contribution in [2.45, 2.75) is 26.4 Å². The number of carbonyl (C=O) groups is 2. The van der Waals surface area contributed by atoms with Crippen LogP contribution in [0.25, 0.3) is 0 Å². The number of benzene rings is 2. The number of alkyl halides is 3. The molecule has 0 radical (unpaired) electrons. The summed E-state index contributed by atoms with van der Waals surface area (Å²) in [6.07, 6.45) is -4.11. The van der Waals surface area contributed by atoms with Crippen molar-refractivity contribution in [3.63, 3.8) is 0 Å². The molecule has 0 saturated heterocycles. The van der Waals surface area contributed by atoms with Crippen LogP contribution >= 0.6 is 0 Å². The fraction of sp³-hybridized carbons (Fsp3) is 0.263. The lowest BCUT2D eigenvalue weighted by Gasteiger charge is -2.14. The molecule has 0 aliphatic carbocycles. The van der Waals surface area contributed by atoms with E-state index in [-0.39, 0.29) is 18.1 Å². The normalized spacial score (nSPS) is 11.0. The smallest absolute Gasteiger partial charge is 0.376 e. The Hall–Kier alpha value is -3.03. The van der Waals surface area contributed by atoms with Gasteiger partial charge in [0.05, 0.1) is 12.1 Å². The van der Waals surface area contributed by atoms with E-state index in [0.29, 0.717) is 23.4 Å². The molecular formula is C19H20F3N3O2. The molecule has 0 aliphatic heterocycles. The summed E-state index contributed by atoms with van der Waals surface area (Å²) in [4.78, 5) is 23.7. The Bertz CT molecular complexity index is 835. The molecule has 0 heterocycles. The minimum Gasteiger partial charge on any atom is -0.376 e. The van der Waals surface area contributed by atoms with Gasteiger partial charge < -0.3 is 16.0 Å². The minimum absolute atomic E-state index is 0.146. The average molecular weight is 379 g/mol. The molecule has 27 heavy (non-hydrogen) atoms. The molecule has 0 spiro atoms. The van der Waals surface area contributed by atoms with Gasteiger partial charge in [0.25, 0.3) is 0 Å². The van der Waals surface area contributed by atoms with Crippen molar-refractivity contribution in [3.8, 4) is 0 Å². The highest BCUT2D eigenvalue weighted by Gasteiger charge is 2.30. The highest BCUT2D eigenvalue weighted by atomic mass is 19.4. The summed E-state index contributed by atoms with van der Waals surface area (Å²) >= 11 is 0. The number of nitrogens with one attached hydrogen (secondary N) is 3. The van der Waals surface area contributed by atoms with Crippen molar-refractivity contribution in [2.24, 2.45) is 0 Å². The number of hydrogen-bond donors (Lipinski definition) is 3. The lowest BCUT2D eigenvalue weighted by molar-refractivity contribution is -0.137. The van der Waals surface area contributed by atoms with E-state index in [1.807, 2.05) is 0 Å². The Morgan fingerprint density at radius 1 is 0.963 bits per heavy atom. The second-order valence-corrected chi connectivity index (χ2v) is 5.86. The Balaban J connectivity index is 2.00. The standard InChI is InChI=1S/C19H20F3N3O2/c1-3-17(26)24-15-8-5-9-16(12(15)2)25-18(27)11-23-14-7-4-6-13(10-14)19(20,21)22/h4-10,23H,3,11H2,1-2H3,(H,24,26)(H,25,27). The average Bonchev–Trinajstić information content (AvgIpc) is 2.62. The number of rotatable bonds is 6. The van der Waals surface area contributed by atoms with E-state index in [9.17, 15) is 22.8 Å². The van der Waals surface area contributed by atoms with E-state index in [1.54, 1.807) is 32.0 Å². The van der Waals surface area contributed by atoms with Crippen LogP contribution in [0.15, 0.2) is 42.5 Å². The number of anilines is 3. The van der Waals surface area contributed by atoms with Crippen molar-refractivity contribution >= 4 is 28.9 Å². The fourth-order valence-electron chi connectivity index (χ4n) is 2.33. The molecule has 2 rings (SSSR count). The van der Waals surface area contributed by atoms with E-state index in [2.05, 4.69) is 16.0 Å². The van der Waals surface area contributed by atoms with E-state index in [4.69, 9.17) is 0 Å². The monoisotopic (exact) mass is 379 g/mol. The summed E-state index contributed by atoms with van der Waals surface area (Å²) in [6.45, 7) is 3.28. The zero-order valence-corrected chi connectivity index (χ0v) is 14.9. The largest absolute Gasteiger partial charge is 0.416 e. The van der Waals surface area contributed by atoms with Gasteiger partial charge in [0, 0.05) is 23.5 Å². The van der Waals surface area contributed by atoms with Crippen LogP contribution in [0.2, 0.25) is 0 Å². The van der Waals surface area contributed by atoms with Gasteiger partial charge in [0.2, 0.25) is 11.8 Å². The first-order valence-corrected chi connectivity index (χ1v) is 8.31. The second-order valence-electron chi connectivity index (χ2n) is 5.86. The van der Waals surface area contributed by atoms with Crippen molar-refractivity contribution in [1.82, 2.24) is 0 Å². The predicted octanol–water partition coefficient (Wildman–Crippen LogP) is 4.41. The number of halogens is 3. The second kappa shape index (κ2) is 8.57. The maximum absolute atomic E-state index is 12.7. The first-order chi connectivity index (χ1) is 12.7. The molecule has 2 aromatic rings. The van der Waals surface area contributed by atoms with Crippen LogP contribution in [0, 0.1) is 6.92 Å². The van der Waals surface area contributed by atoms with Gasteiger partial charge in [-0.2, -0.15) is 13.2 Å². The molecule has 2 amide bonds. The fourth-order valence-corrected chi connectivity index (χ4v) is 2.33. The zero-order chi connectivity index (χ0) is 20.0. The van der Waals surface area contributed by atoms with Gasteiger partial charge in [0.15, 0.2) is 0 Å². The van der Waals surface area contributed by atoms with Crippen molar-refractivity contribution < 1.29 is 22.8 Å². The number of amides is 2. The first kappa shape index (κ1) is 20.3. The van der Waals surface area contributed by atoms with Gasteiger partial charge in [0.1, 0.15) is 0 Å². The summed E-state index contributed by atoms with van der Waals surface area (Å²) < 4.78 is 38.1. The van der Waals surface area contributed by atoms with Crippen LogP contribution in [-0.2, 0) is 15.8 Å². The third-order valence-corrected chi connectivity index (χ3v) is 3.85. The Morgan fingerprint density at radius 3 is 2.15 bits per heavy atom. The molecular weight excluding hydrogens is 359 g/mol. The van der Waals surface area contributed by atoms with Gasteiger partial charge in [-0.05, 0) is 42.8 Å². The lowest BCUT2D eigenvalue weighted by atomic mass is 10.1. The van der Waals surface area contributed by atoms with E-state index < -0.39 is 17.6 Å². The first-order valence-electron chi connectivity index (χ1n) is 8.31. The quantitative estimate of drug-likeness (QED) is 0.696. The Kier molecular flexibility index (Phi) is 6.44. The van der Waals surface area contributed by atoms with Gasteiger partial charge in [-0.25, -0.2) is 0 Å². The molecule has 0 saturated carbocycles. The molecule has 144 valence electrons. The molecule has 3 N–H and O–H groups in total. The SMILES string of the molecule is CCC(=O)Nc1cccc(NC(=O)CNc2cccc(C(F)(F)F)c2)c1C. The topological polar surface area (TPSA) is 70.2 Å². The molecule has 8 heteroatoms. The third kappa shape index (κ3) is 5.73. The van der Waals surface area contributed by atoms with Crippen molar-refractivity contribution in [3.05, 3.63) is 53.6 Å².